The van der Waals surface area contributed by atoms with Gasteiger partial charge in [-0.1, -0.05) is 19.8 Å². The molecule has 0 saturated heterocycles. The number of esters is 1. The zero-order valence-corrected chi connectivity index (χ0v) is 13.6. The van der Waals surface area contributed by atoms with Gasteiger partial charge in [0.1, 0.15) is 0 Å². The first-order valence-electron chi connectivity index (χ1n) is 7.55. The second-order valence-electron chi connectivity index (χ2n) is 5.90. The van der Waals surface area contributed by atoms with E-state index in [1.54, 1.807) is 6.92 Å². The van der Waals surface area contributed by atoms with Gasteiger partial charge in [-0.3, -0.25) is 4.79 Å². The Balaban J connectivity index is 2.20. The molecule has 122 valence electrons. The summed E-state index contributed by atoms with van der Waals surface area (Å²) < 4.78 is 18.9. The van der Waals surface area contributed by atoms with Gasteiger partial charge in [0.25, 0.3) is 0 Å². The highest BCUT2D eigenvalue weighted by Crippen LogP contribution is 2.42. The van der Waals surface area contributed by atoms with Crippen LogP contribution in [0, 0.1) is 11.2 Å². The Morgan fingerprint density at radius 1 is 1.55 bits per heavy atom. The van der Waals surface area contributed by atoms with Crippen molar-refractivity contribution in [3.63, 3.8) is 0 Å². The number of anilines is 1. The maximum absolute atomic E-state index is 13.9. The summed E-state index contributed by atoms with van der Waals surface area (Å²) in [5, 5.41) is 3.02. The average Bonchev–Trinajstić information content (AvgIpc) is 2.90. The number of carbonyl (C=O) groups excluding carboxylic acids is 1. The molecule has 1 saturated carbocycles. The largest absolute Gasteiger partial charge is 0.466 e. The molecule has 22 heavy (non-hydrogen) atoms. The van der Waals surface area contributed by atoms with Crippen LogP contribution in [0.2, 0.25) is 5.28 Å². The van der Waals surface area contributed by atoms with E-state index in [-0.39, 0.29) is 34.9 Å². The van der Waals surface area contributed by atoms with Crippen molar-refractivity contribution in [3.8, 4) is 0 Å². The van der Waals surface area contributed by atoms with E-state index in [1.807, 2.05) is 0 Å². The molecule has 1 unspecified atom stereocenters. The smallest absolute Gasteiger partial charge is 0.307 e. The van der Waals surface area contributed by atoms with Gasteiger partial charge in [0, 0.05) is 6.04 Å². The molecule has 5 nitrogen and oxygen atoms in total. The molecule has 7 heteroatoms. The molecule has 0 spiro atoms. The predicted molar refractivity (Wildman–Crippen MR) is 82.2 cm³/mol. The first kappa shape index (κ1) is 16.9. The van der Waals surface area contributed by atoms with Crippen molar-refractivity contribution in [1.82, 2.24) is 9.97 Å². The van der Waals surface area contributed by atoms with Crippen LogP contribution in [-0.2, 0) is 9.53 Å². The Labute approximate surface area is 134 Å². The topological polar surface area (TPSA) is 64.1 Å². The second kappa shape index (κ2) is 7.22. The summed E-state index contributed by atoms with van der Waals surface area (Å²) >= 11 is 5.73. The van der Waals surface area contributed by atoms with Gasteiger partial charge in [0.2, 0.25) is 5.28 Å². The fourth-order valence-corrected chi connectivity index (χ4v) is 3.13. The van der Waals surface area contributed by atoms with Crippen molar-refractivity contribution < 1.29 is 13.9 Å². The number of nitrogens with one attached hydrogen (secondary N) is 1. The maximum Gasteiger partial charge on any atom is 0.307 e. The van der Waals surface area contributed by atoms with Crippen molar-refractivity contribution in [1.29, 1.82) is 0 Å². The number of rotatable bonds is 6. The molecule has 1 aromatic heterocycles. The van der Waals surface area contributed by atoms with Crippen LogP contribution in [0.3, 0.4) is 0 Å². The third-order valence-electron chi connectivity index (χ3n) is 4.29. The molecule has 0 amide bonds. The lowest BCUT2D eigenvalue weighted by atomic mass is 9.79. The molecular formula is C15H21ClFN3O2. The van der Waals surface area contributed by atoms with Gasteiger partial charge in [0.15, 0.2) is 11.6 Å². The van der Waals surface area contributed by atoms with Crippen LogP contribution in [0.25, 0.3) is 0 Å². The van der Waals surface area contributed by atoms with E-state index in [4.69, 9.17) is 16.3 Å². The van der Waals surface area contributed by atoms with Crippen LogP contribution in [0.5, 0.6) is 0 Å². The Bertz CT molecular complexity index is 536. The normalized spacial score (nSPS) is 18.0. The van der Waals surface area contributed by atoms with Crippen LogP contribution < -0.4 is 5.32 Å². The molecule has 0 bridgehead atoms. The summed E-state index contributed by atoms with van der Waals surface area (Å²) in [6, 6.07) is -0.255. The minimum absolute atomic E-state index is 0.0300. The summed E-state index contributed by atoms with van der Waals surface area (Å²) in [4.78, 5) is 19.4. The SMILES string of the molecule is CCOC(=O)CC(Nc1nc(Cl)ncc1F)C1(C)CCCC1. The summed E-state index contributed by atoms with van der Waals surface area (Å²) in [5.74, 6) is -0.851. The molecule has 0 radical (unpaired) electrons. The Kier molecular flexibility index (Phi) is 5.56. The lowest BCUT2D eigenvalue weighted by molar-refractivity contribution is -0.144. The maximum atomic E-state index is 13.9. The Morgan fingerprint density at radius 3 is 2.86 bits per heavy atom. The molecule has 1 aliphatic carbocycles. The molecule has 1 N–H and O–H groups in total. The highest BCUT2D eigenvalue weighted by Gasteiger charge is 2.39. The molecule has 2 rings (SSSR count). The molecular weight excluding hydrogens is 309 g/mol. The van der Waals surface area contributed by atoms with E-state index in [0.29, 0.717) is 6.61 Å². The van der Waals surface area contributed by atoms with Crippen molar-refractivity contribution in [2.45, 2.75) is 52.0 Å². The van der Waals surface area contributed by atoms with E-state index in [0.717, 1.165) is 31.9 Å². The molecule has 1 aromatic rings. The zero-order valence-electron chi connectivity index (χ0n) is 12.9. The molecule has 0 aromatic carbocycles. The van der Waals surface area contributed by atoms with E-state index in [2.05, 4.69) is 22.2 Å². The molecule has 1 atom stereocenters. The summed E-state index contributed by atoms with van der Waals surface area (Å²) in [7, 11) is 0. The zero-order chi connectivity index (χ0) is 16.2. The second-order valence-corrected chi connectivity index (χ2v) is 6.24. The van der Waals surface area contributed by atoms with Gasteiger partial charge in [0.05, 0.1) is 19.2 Å². The van der Waals surface area contributed by atoms with Crippen molar-refractivity contribution in [2.24, 2.45) is 5.41 Å². The number of nitrogens with zero attached hydrogens (tertiary/aromatic N) is 2. The predicted octanol–water partition coefficient (Wildman–Crippen LogP) is 3.58. The van der Waals surface area contributed by atoms with Crippen LogP contribution in [0.15, 0.2) is 6.20 Å². The number of hydrogen-bond donors (Lipinski definition) is 1. The summed E-state index contributed by atoms with van der Waals surface area (Å²) in [6.07, 6.45) is 5.35. The third kappa shape index (κ3) is 4.06. The number of ether oxygens (including phenoxy) is 1. The molecule has 1 fully saturated rings. The van der Waals surface area contributed by atoms with Gasteiger partial charge < -0.3 is 10.1 Å². The quantitative estimate of drug-likeness (QED) is 0.638. The standard InChI is InChI=1S/C15H21ClFN3O2/c1-3-22-12(21)8-11(15(2)6-4-5-7-15)19-13-10(17)9-18-14(16)20-13/h9,11H,3-8H2,1-2H3,(H,18,19,20). The average molecular weight is 330 g/mol. The van der Waals surface area contributed by atoms with Gasteiger partial charge in [-0.2, -0.15) is 4.98 Å². The van der Waals surface area contributed by atoms with E-state index in [1.165, 1.54) is 0 Å². The highest BCUT2D eigenvalue weighted by molar-refractivity contribution is 6.28. The van der Waals surface area contributed by atoms with Crippen molar-refractivity contribution >= 4 is 23.4 Å². The van der Waals surface area contributed by atoms with E-state index < -0.39 is 5.82 Å². The minimum atomic E-state index is -0.583. The lowest BCUT2D eigenvalue weighted by Gasteiger charge is -2.34. The Morgan fingerprint density at radius 2 is 2.23 bits per heavy atom. The minimum Gasteiger partial charge on any atom is -0.466 e. The van der Waals surface area contributed by atoms with Crippen LogP contribution >= 0.6 is 11.6 Å². The number of aromatic nitrogens is 2. The molecule has 1 aliphatic rings. The van der Waals surface area contributed by atoms with Crippen LogP contribution in [0.4, 0.5) is 10.2 Å². The highest BCUT2D eigenvalue weighted by atomic mass is 35.5. The lowest BCUT2D eigenvalue weighted by Crippen LogP contribution is -2.39. The Hall–Kier alpha value is -1.43. The fraction of sp³-hybridized carbons (Fsp3) is 0.667. The van der Waals surface area contributed by atoms with E-state index in [9.17, 15) is 9.18 Å². The monoisotopic (exact) mass is 329 g/mol. The number of hydrogen-bond acceptors (Lipinski definition) is 5. The van der Waals surface area contributed by atoms with Crippen LogP contribution in [-0.4, -0.2) is 28.6 Å². The number of carbonyl (C=O) groups is 1. The summed E-state index contributed by atoms with van der Waals surface area (Å²) in [5.41, 5.74) is -0.101. The molecule has 1 heterocycles. The van der Waals surface area contributed by atoms with Gasteiger partial charge in [-0.05, 0) is 36.8 Å². The third-order valence-corrected chi connectivity index (χ3v) is 4.47. The van der Waals surface area contributed by atoms with Gasteiger partial charge in [-0.15, -0.1) is 0 Å². The molecule has 0 aliphatic heterocycles. The van der Waals surface area contributed by atoms with Crippen molar-refractivity contribution in [2.75, 3.05) is 11.9 Å². The van der Waals surface area contributed by atoms with E-state index >= 15 is 0 Å². The fourth-order valence-electron chi connectivity index (χ4n) is 3.00. The van der Waals surface area contributed by atoms with Crippen molar-refractivity contribution in [3.05, 3.63) is 17.3 Å². The van der Waals surface area contributed by atoms with Gasteiger partial charge in [-0.25, -0.2) is 9.37 Å². The summed E-state index contributed by atoms with van der Waals surface area (Å²) in [6.45, 7) is 4.20. The van der Waals surface area contributed by atoms with Gasteiger partial charge >= 0.3 is 5.97 Å². The first-order valence-corrected chi connectivity index (χ1v) is 7.92. The number of halogens is 2. The van der Waals surface area contributed by atoms with Crippen LogP contribution in [0.1, 0.15) is 46.0 Å². The first-order chi connectivity index (χ1) is 10.4.